The molecule has 18 heavy (non-hydrogen) atoms. The average Bonchev–Trinajstić information content (AvgIpc) is 3.13. The van der Waals surface area contributed by atoms with Crippen molar-refractivity contribution in [1.82, 2.24) is 5.32 Å². The SMILES string of the molecule is NCCCNC(=O)C1CC1c1ccc(F)c(F)c1. The minimum absolute atomic E-state index is 0.0120. The van der Waals surface area contributed by atoms with E-state index in [-0.39, 0.29) is 17.7 Å². The van der Waals surface area contributed by atoms with Gasteiger partial charge in [0.25, 0.3) is 0 Å². The van der Waals surface area contributed by atoms with Crippen LogP contribution in [0.5, 0.6) is 0 Å². The first kappa shape index (κ1) is 13.0. The quantitative estimate of drug-likeness (QED) is 0.783. The first-order chi connectivity index (χ1) is 8.63. The summed E-state index contributed by atoms with van der Waals surface area (Å²) in [6.45, 7) is 1.11. The largest absolute Gasteiger partial charge is 0.356 e. The molecule has 0 spiro atoms. The van der Waals surface area contributed by atoms with Crippen LogP contribution in [-0.4, -0.2) is 19.0 Å². The molecule has 1 saturated carbocycles. The van der Waals surface area contributed by atoms with Crippen LogP contribution in [0.4, 0.5) is 8.78 Å². The van der Waals surface area contributed by atoms with Crippen LogP contribution in [-0.2, 0) is 4.79 Å². The van der Waals surface area contributed by atoms with Crippen molar-refractivity contribution < 1.29 is 13.6 Å². The smallest absolute Gasteiger partial charge is 0.223 e. The molecule has 0 radical (unpaired) electrons. The summed E-state index contributed by atoms with van der Waals surface area (Å²) in [6.07, 6.45) is 1.44. The summed E-state index contributed by atoms with van der Waals surface area (Å²) in [7, 11) is 0. The molecule has 0 aromatic heterocycles. The molecule has 1 fully saturated rings. The van der Waals surface area contributed by atoms with Gasteiger partial charge >= 0.3 is 0 Å². The van der Waals surface area contributed by atoms with E-state index in [1.54, 1.807) is 0 Å². The van der Waals surface area contributed by atoms with E-state index in [0.29, 0.717) is 25.1 Å². The van der Waals surface area contributed by atoms with E-state index >= 15 is 0 Å². The highest BCUT2D eigenvalue weighted by atomic mass is 19.2. The Hall–Kier alpha value is -1.49. The zero-order chi connectivity index (χ0) is 13.1. The predicted octanol–water partition coefficient (Wildman–Crippen LogP) is 1.53. The molecule has 0 bridgehead atoms. The molecular formula is C13H16F2N2O. The number of carbonyl (C=O) groups is 1. The molecule has 3 nitrogen and oxygen atoms in total. The maximum atomic E-state index is 13.1. The fraction of sp³-hybridized carbons (Fsp3) is 0.462. The van der Waals surface area contributed by atoms with Gasteiger partial charge in [0.15, 0.2) is 11.6 Å². The summed E-state index contributed by atoms with van der Waals surface area (Å²) in [5.74, 6) is -1.85. The molecule has 3 N–H and O–H groups in total. The zero-order valence-electron chi connectivity index (χ0n) is 9.96. The van der Waals surface area contributed by atoms with Gasteiger partial charge in [-0.2, -0.15) is 0 Å². The maximum absolute atomic E-state index is 13.1. The molecule has 2 rings (SSSR count). The number of amides is 1. The first-order valence-electron chi connectivity index (χ1n) is 6.06. The van der Waals surface area contributed by atoms with Gasteiger partial charge in [-0.05, 0) is 43.0 Å². The molecule has 2 unspecified atom stereocenters. The van der Waals surface area contributed by atoms with Crippen LogP contribution < -0.4 is 11.1 Å². The third kappa shape index (κ3) is 2.85. The third-order valence-corrected chi connectivity index (χ3v) is 3.18. The fourth-order valence-electron chi connectivity index (χ4n) is 2.04. The summed E-state index contributed by atoms with van der Waals surface area (Å²) >= 11 is 0. The molecular weight excluding hydrogens is 238 g/mol. The lowest BCUT2D eigenvalue weighted by atomic mass is 10.1. The first-order valence-corrected chi connectivity index (χ1v) is 6.06. The van der Waals surface area contributed by atoms with Gasteiger partial charge in [-0.3, -0.25) is 4.79 Å². The Morgan fingerprint density at radius 1 is 1.39 bits per heavy atom. The number of rotatable bonds is 5. The van der Waals surface area contributed by atoms with Gasteiger partial charge in [0, 0.05) is 12.5 Å². The molecule has 0 saturated heterocycles. The molecule has 2 atom stereocenters. The Morgan fingerprint density at radius 3 is 2.83 bits per heavy atom. The molecule has 1 aromatic carbocycles. The van der Waals surface area contributed by atoms with E-state index in [2.05, 4.69) is 5.32 Å². The normalized spacial score (nSPS) is 21.7. The van der Waals surface area contributed by atoms with Crippen LogP contribution in [0.25, 0.3) is 0 Å². The summed E-state index contributed by atoms with van der Waals surface area (Å²) in [6, 6.07) is 3.82. The third-order valence-electron chi connectivity index (χ3n) is 3.18. The molecule has 0 heterocycles. The number of benzene rings is 1. The number of nitrogens with two attached hydrogens (primary N) is 1. The zero-order valence-corrected chi connectivity index (χ0v) is 9.96. The van der Waals surface area contributed by atoms with Crippen LogP contribution >= 0.6 is 0 Å². The van der Waals surface area contributed by atoms with Crippen molar-refractivity contribution >= 4 is 5.91 Å². The lowest BCUT2D eigenvalue weighted by Gasteiger charge is -2.04. The minimum atomic E-state index is -0.860. The van der Waals surface area contributed by atoms with Crippen molar-refractivity contribution in [1.29, 1.82) is 0 Å². The van der Waals surface area contributed by atoms with Gasteiger partial charge in [0.2, 0.25) is 5.91 Å². The topological polar surface area (TPSA) is 55.1 Å². The Balaban J connectivity index is 1.90. The second-order valence-electron chi connectivity index (χ2n) is 4.56. The second kappa shape index (κ2) is 5.44. The molecule has 1 amide bonds. The highest BCUT2D eigenvalue weighted by molar-refractivity contribution is 5.82. The summed E-state index contributed by atoms with van der Waals surface area (Å²) < 4.78 is 25.8. The van der Waals surface area contributed by atoms with Crippen LogP contribution in [0, 0.1) is 17.6 Å². The van der Waals surface area contributed by atoms with Crippen LogP contribution in [0.3, 0.4) is 0 Å². The standard InChI is InChI=1S/C13H16F2N2O/c14-11-3-2-8(6-12(11)15)9-7-10(9)13(18)17-5-1-4-16/h2-3,6,9-10H,1,4-5,7,16H2,(H,17,18). The number of hydrogen-bond acceptors (Lipinski definition) is 2. The van der Waals surface area contributed by atoms with E-state index in [4.69, 9.17) is 5.73 Å². The van der Waals surface area contributed by atoms with E-state index in [0.717, 1.165) is 12.5 Å². The number of nitrogens with one attached hydrogen (secondary N) is 1. The van der Waals surface area contributed by atoms with E-state index in [1.807, 2.05) is 0 Å². The fourth-order valence-corrected chi connectivity index (χ4v) is 2.04. The van der Waals surface area contributed by atoms with Crippen LogP contribution in [0.1, 0.15) is 24.3 Å². The van der Waals surface area contributed by atoms with E-state index in [9.17, 15) is 13.6 Å². The van der Waals surface area contributed by atoms with Crippen molar-refractivity contribution in [2.75, 3.05) is 13.1 Å². The van der Waals surface area contributed by atoms with Gasteiger partial charge in [0.1, 0.15) is 0 Å². The average molecular weight is 254 g/mol. The Bertz CT molecular complexity index is 451. The lowest BCUT2D eigenvalue weighted by Crippen LogP contribution is -2.27. The van der Waals surface area contributed by atoms with Gasteiger partial charge < -0.3 is 11.1 Å². The van der Waals surface area contributed by atoms with Gasteiger partial charge in [-0.15, -0.1) is 0 Å². The highest BCUT2D eigenvalue weighted by Gasteiger charge is 2.43. The Kier molecular flexibility index (Phi) is 3.91. The minimum Gasteiger partial charge on any atom is -0.356 e. The Morgan fingerprint density at radius 2 is 2.17 bits per heavy atom. The molecule has 5 heteroatoms. The lowest BCUT2D eigenvalue weighted by molar-refractivity contribution is -0.122. The second-order valence-corrected chi connectivity index (χ2v) is 4.56. The number of halogens is 2. The van der Waals surface area contributed by atoms with Crippen molar-refractivity contribution in [2.45, 2.75) is 18.8 Å². The van der Waals surface area contributed by atoms with E-state index in [1.165, 1.54) is 12.1 Å². The summed E-state index contributed by atoms with van der Waals surface area (Å²) in [5.41, 5.74) is 6.01. The Labute approximate surface area is 104 Å². The molecule has 0 aliphatic heterocycles. The number of carbonyl (C=O) groups excluding carboxylic acids is 1. The maximum Gasteiger partial charge on any atom is 0.223 e. The molecule has 98 valence electrons. The van der Waals surface area contributed by atoms with Crippen molar-refractivity contribution in [2.24, 2.45) is 11.7 Å². The van der Waals surface area contributed by atoms with Gasteiger partial charge in [0.05, 0.1) is 0 Å². The predicted molar refractivity (Wildman–Crippen MR) is 63.9 cm³/mol. The summed E-state index contributed by atoms with van der Waals surface area (Å²) in [5, 5.41) is 2.78. The molecule has 1 aliphatic carbocycles. The van der Waals surface area contributed by atoms with Crippen LogP contribution in [0.2, 0.25) is 0 Å². The molecule has 1 aliphatic rings. The van der Waals surface area contributed by atoms with Gasteiger partial charge in [-0.25, -0.2) is 8.78 Å². The van der Waals surface area contributed by atoms with Crippen molar-refractivity contribution in [3.63, 3.8) is 0 Å². The van der Waals surface area contributed by atoms with Crippen molar-refractivity contribution in [3.05, 3.63) is 35.4 Å². The highest BCUT2D eigenvalue weighted by Crippen LogP contribution is 2.47. The molecule has 1 aromatic rings. The monoisotopic (exact) mass is 254 g/mol. The van der Waals surface area contributed by atoms with Crippen molar-refractivity contribution in [3.8, 4) is 0 Å². The van der Waals surface area contributed by atoms with Gasteiger partial charge in [-0.1, -0.05) is 6.07 Å². The number of hydrogen-bond donors (Lipinski definition) is 2. The van der Waals surface area contributed by atoms with E-state index < -0.39 is 11.6 Å². The van der Waals surface area contributed by atoms with Crippen LogP contribution in [0.15, 0.2) is 18.2 Å². The summed E-state index contributed by atoms with van der Waals surface area (Å²) in [4.78, 5) is 11.7.